The molecule has 4 N–H and O–H groups in total. The van der Waals surface area contributed by atoms with Crippen molar-refractivity contribution in [3.8, 4) is 0 Å². The lowest BCUT2D eigenvalue weighted by Gasteiger charge is -2.45. The number of carbonyl (C=O) groups is 1. The van der Waals surface area contributed by atoms with Gasteiger partial charge in [-0.3, -0.25) is 4.79 Å². The molecule has 0 saturated carbocycles. The van der Waals surface area contributed by atoms with Gasteiger partial charge in [-0.15, -0.1) is 0 Å². The summed E-state index contributed by atoms with van der Waals surface area (Å²) in [5.41, 5.74) is 1.89. The molecule has 50 heavy (non-hydrogen) atoms. The molecule has 0 spiro atoms. The van der Waals surface area contributed by atoms with E-state index in [1.54, 1.807) is 13.2 Å². The number of rotatable bonds is 12. The maximum Gasteiger partial charge on any atom is 0.249 e. The van der Waals surface area contributed by atoms with Crippen molar-refractivity contribution >= 4 is 52.5 Å². The lowest BCUT2D eigenvalue weighted by molar-refractivity contribution is -0.250. The van der Waals surface area contributed by atoms with E-state index in [0.717, 1.165) is 51.9 Å². The van der Waals surface area contributed by atoms with Crippen LogP contribution in [-0.4, -0.2) is 93.0 Å². The summed E-state index contributed by atoms with van der Waals surface area (Å²) in [5.74, 6) is -3.79. The molecule has 0 radical (unpaired) electrons. The van der Waals surface area contributed by atoms with E-state index < -0.39 is 23.2 Å². The van der Waals surface area contributed by atoms with Gasteiger partial charge in [-0.2, -0.15) is 0 Å². The third kappa shape index (κ3) is 8.30. The minimum Gasteiger partial charge on any atom is -0.495 e. The summed E-state index contributed by atoms with van der Waals surface area (Å²) in [6.45, 7) is 5.89. The monoisotopic (exact) mass is 731 g/mol. The molecule has 268 valence electrons. The Balaban J connectivity index is 1.40. The van der Waals surface area contributed by atoms with E-state index in [1.165, 1.54) is 49.7 Å². The summed E-state index contributed by atoms with van der Waals surface area (Å²) in [4.78, 5) is 23.0. The second-order valence-electron chi connectivity index (χ2n) is 12.6. The van der Waals surface area contributed by atoms with Gasteiger partial charge >= 0.3 is 0 Å². The van der Waals surface area contributed by atoms with Crippen molar-refractivity contribution in [3.63, 3.8) is 0 Å². The molecule has 2 aromatic rings. The average Bonchev–Trinajstić information content (AvgIpc) is 3.09. The first-order valence-electron chi connectivity index (χ1n) is 16.7. The van der Waals surface area contributed by atoms with E-state index in [1.807, 2.05) is 6.08 Å². The van der Waals surface area contributed by atoms with Gasteiger partial charge in [0.25, 0.3) is 0 Å². The summed E-state index contributed by atoms with van der Waals surface area (Å²) in [6, 6.07) is 8.48. The van der Waals surface area contributed by atoms with Crippen LogP contribution < -0.4 is 21.3 Å². The Kier molecular flexibility index (Phi) is 11.4. The summed E-state index contributed by atoms with van der Waals surface area (Å²) >= 11 is 12.4. The van der Waals surface area contributed by atoms with Gasteiger partial charge < -0.3 is 40.4 Å². The number of amides is 1. The minimum absolute atomic E-state index is 0.0520. The second-order valence-corrected chi connectivity index (χ2v) is 13.5. The van der Waals surface area contributed by atoms with Gasteiger partial charge in [-0.05, 0) is 74.7 Å². The molecule has 4 aliphatic rings. The number of allylic oxidation sites excluding steroid dienone is 1. The zero-order valence-corrected chi connectivity index (χ0v) is 29.4. The van der Waals surface area contributed by atoms with Crippen LogP contribution in [0.1, 0.15) is 32.6 Å². The number of nitrogens with one attached hydrogen (secondary N) is 4. The number of piperidine rings is 2. The van der Waals surface area contributed by atoms with Crippen molar-refractivity contribution in [2.75, 3.05) is 57.0 Å². The first-order chi connectivity index (χ1) is 24.1. The Morgan fingerprint density at radius 1 is 1.02 bits per heavy atom. The largest absolute Gasteiger partial charge is 0.495 e. The Labute approximate surface area is 300 Å². The predicted octanol–water partition coefficient (Wildman–Crippen LogP) is 5.48. The number of ether oxygens (including phenoxy) is 3. The van der Waals surface area contributed by atoms with E-state index in [9.17, 15) is 13.6 Å². The Bertz CT molecular complexity index is 1640. The van der Waals surface area contributed by atoms with E-state index in [0.29, 0.717) is 41.5 Å². The molecule has 11 nitrogen and oxygen atoms in total. The number of aliphatic imine (C=N–C) groups is 2. The first-order valence-corrected chi connectivity index (χ1v) is 17.4. The van der Waals surface area contributed by atoms with Crippen LogP contribution in [-0.2, 0) is 19.0 Å². The number of hydrogen-bond acceptors (Lipinski definition) is 10. The molecule has 1 amide bonds. The van der Waals surface area contributed by atoms with Crippen molar-refractivity contribution < 1.29 is 27.8 Å². The van der Waals surface area contributed by atoms with Crippen molar-refractivity contribution in [1.29, 1.82) is 0 Å². The standard InChI is InChI=1S/C35H41Cl2F2N7O4/c1-22(47)41-12-15-46-13-9-25(10-14-46)49-34(50-26-4-3-11-40-20-26)19-27-32(18-33(34)48-2)42-21-43-35(27,44-23-5-7-30(38)28(36)16-23)45-24-6-8-31(39)29(37)17-24/h5-8,16-19,21,25-26,40,44-45H,3-4,9-15,20H2,1-2H3,(H,41,47). The van der Waals surface area contributed by atoms with Crippen molar-refractivity contribution in [3.05, 3.63) is 81.6 Å². The van der Waals surface area contributed by atoms with Crippen LogP contribution >= 0.6 is 23.2 Å². The van der Waals surface area contributed by atoms with Crippen molar-refractivity contribution in [2.24, 2.45) is 9.98 Å². The van der Waals surface area contributed by atoms with E-state index in [-0.39, 0.29) is 28.2 Å². The van der Waals surface area contributed by atoms with Crippen LogP contribution in [0.15, 0.2) is 69.9 Å². The molecule has 3 heterocycles. The molecule has 15 heteroatoms. The zero-order chi connectivity index (χ0) is 35.3. The molecule has 0 bridgehead atoms. The maximum absolute atomic E-state index is 14.3. The molecule has 3 aliphatic heterocycles. The predicted molar refractivity (Wildman–Crippen MR) is 191 cm³/mol. The fourth-order valence-electron chi connectivity index (χ4n) is 6.55. The van der Waals surface area contributed by atoms with Crippen molar-refractivity contribution in [2.45, 2.75) is 56.4 Å². The maximum atomic E-state index is 14.3. The van der Waals surface area contributed by atoms with Gasteiger partial charge in [-0.1, -0.05) is 23.2 Å². The quantitative estimate of drug-likeness (QED) is 0.212. The molecule has 2 saturated heterocycles. The Morgan fingerprint density at radius 3 is 2.26 bits per heavy atom. The van der Waals surface area contributed by atoms with Gasteiger partial charge in [0.15, 0.2) is 5.76 Å². The average molecular weight is 733 g/mol. The highest BCUT2D eigenvalue weighted by Crippen LogP contribution is 2.42. The lowest BCUT2D eigenvalue weighted by Crippen LogP contribution is -2.55. The van der Waals surface area contributed by atoms with E-state index in [2.05, 4.69) is 31.2 Å². The molecule has 2 fully saturated rings. The number of benzene rings is 2. The topological polar surface area (TPSA) is 121 Å². The van der Waals surface area contributed by atoms with Gasteiger partial charge in [0.1, 0.15) is 18.0 Å². The minimum atomic E-state index is -1.51. The summed E-state index contributed by atoms with van der Waals surface area (Å²) in [5, 5.41) is 12.9. The number of likely N-dealkylation sites (tertiary alicyclic amines) is 1. The first kappa shape index (κ1) is 36.2. The van der Waals surface area contributed by atoms with Gasteiger partial charge in [0, 0.05) is 62.7 Å². The molecule has 6 rings (SSSR count). The van der Waals surface area contributed by atoms with Crippen LogP contribution in [0, 0.1) is 11.6 Å². The van der Waals surface area contributed by atoms with E-state index in [4.69, 9.17) is 42.4 Å². The van der Waals surface area contributed by atoms with Gasteiger partial charge in [0.2, 0.25) is 17.5 Å². The normalized spacial score (nSPS) is 23.6. The molecule has 2 atom stereocenters. The molecular weight excluding hydrogens is 691 g/mol. The molecular formula is C35H41Cl2F2N7O4. The molecule has 2 unspecified atom stereocenters. The number of carbonyl (C=O) groups excluding carboxylic acids is 1. The number of fused-ring (bicyclic) bond motifs is 1. The smallest absolute Gasteiger partial charge is 0.249 e. The van der Waals surface area contributed by atoms with E-state index >= 15 is 0 Å². The third-order valence-electron chi connectivity index (χ3n) is 9.04. The highest BCUT2D eigenvalue weighted by Gasteiger charge is 2.50. The SMILES string of the molecule is COC1=CC2=NC=NC(Nc3ccc(F)c(Cl)c3)(Nc3ccc(F)c(Cl)c3)C2=CC1(OC1CCN(CCNC(C)=O)CC1)OC1CCCNC1. The van der Waals surface area contributed by atoms with Crippen LogP contribution in [0.25, 0.3) is 0 Å². The molecule has 0 aromatic heterocycles. The number of halogens is 4. The Morgan fingerprint density at radius 2 is 1.68 bits per heavy atom. The Hall–Kier alpha value is -3.59. The van der Waals surface area contributed by atoms with Crippen LogP contribution in [0.3, 0.4) is 0 Å². The summed E-state index contributed by atoms with van der Waals surface area (Å²) in [6.07, 6.45) is 7.76. The fourth-order valence-corrected chi connectivity index (χ4v) is 6.91. The zero-order valence-electron chi connectivity index (χ0n) is 27.9. The highest BCUT2D eigenvalue weighted by molar-refractivity contribution is 6.31. The third-order valence-corrected chi connectivity index (χ3v) is 9.62. The number of anilines is 2. The number of nitrogens with zero attached hydrogens (tertiary/aromatic N) is 3. The van der Waals surface area contributed by atoms with Gasteiger partial charge in [-0.25, -0.2) is 18.8 Å². The molecule has 1 aliphatic carbocycles. The second kappa shape index (κ2) is 15.7. The highest BCUT2D eigenvalue weighted by atomic mass is 35.5. The van der Waals surface area contributed by atoms with Crippen molar-refractivity contribution in [1.82, 2.24) is 15.5 Å². The summed E-state index contributed by atoms with van der Waals surface area (Å²) < 4.78 is 48.5. The number of methoxy groups -OCH3 is 1. The summed E-state index contributed by atoms with van der Waals surface area (Å²) in [7, 11) is 1.57. The fraction of sp³-hybridized carbons (Fsp3) is 0.457. The number of hydrogen-bond donors (Lipinski definition) is 4. The van der Waals surface area contributed by atoms with Crippen LogP contribution in [0.5, 0.6) is 0 Å². The van der Waals surface area contributed by atoms with Gasteiger partial charge in [0.05, 0.1) is 35.1 Å². The van der Waals surface area contributed by atoms with Crippen LogP contribution in [0.2, 0.25) is 10.0 Å². The van der Waals surface area contributed by atoms with Crippen LogP contribution in [0.4, 0.5) is 20.2 Å². The molecule has 2 aromatic carbocycles. The lowest BCUT2D eigenvalue weighted by atomic mass is 9.90.